The molecule has 0 unspecified atom stereocenters. The molecule has 0 N–H and O–H groups in total. The summed E-state index contributed by atoms with van der Waals surface area (Å²) >= 11 is 2.24. The zero-order chi connectivity index (χ0) is 19.6. The lowest BCUT2D eigenvalue weighted by atomic mass is 10.0. The number of carbonyl (C=O) groups is 1. The number of hydrogen-bond acceptors (Lipinski definition) is 5. The fraction of sp³-hybridized carbons (Fsp3) is 0.190. The Labute approximate surface area is 172 Å². The first-order valence-corrected chi connectivity index (χ1v) is 9.23. The summed E-state index contributed by atoms with van der Waals surface area (Å²) in [5.41, 5.74) is 3.17. The van der Waals surface area contributed by atoms with Crippen LogP contribution in [0.25, 0.3) is 0 Å². The minimum absolute atomic E-state index is 0.188. The van der Waals surface area contributed by atoms with Crippen molar-refractivity contribution in [1.29, 1.82) is 0 Å². The third-order valence-corrected chi connectivity index (χ3v) is 4.09. The molecule has 0 spiro atoms. The second-order valence-corrected chi connectivity index (χ2v) is 6.79. The number of benzene rings is 2. The van der Waals surface area contributed by atoms with Gasteiger partial charge in [0.1, 0.15) is 19.4 Å². The first kappa shape index (κ1) is 20.6. The van der Waals surface area contributed by atoms with Crippen LogP contribution in [-0.2, 0) is 21.1 Å². The third-order valence-electron chi connectivity index (χ3n) is 3.42. The minimum atomic E-state index is -0.188. The molecule has 2 aromatic rings. The molecule has 0 heterocycles. The number of halogens is 1. The Morgan fingerprint density at radius 3 is 2.59 bits per heavy atom. The van der Waals surface area contributed by atoms with Crippen molar-refractivity contribution in [3.05, 3.63) is 68.8 Å². The molecule has 0 atom stereocenters. The summed E-state index contributed by atoms with van der Waals surface area (Å²) in [6.45, 7) is 3.41. The van der Waals surface area contributed by atoms with Gasteiger partial charge in [0.15, 0.2) is 11.5 Å². The second kappa shape index (κ2) is 10.5. The zero-order valence-electron chi connectivity index (χ0n) is 15.3. The predicted molar refractivity (Wildman–Crippen MR) is 115 cm³/mol. The van der Waals surface area contributed by atoms with Crippen molar-refractivity contribution in [1.82, 2.24) is 0 Å². The van der Waals surface area contributed by atoms with Gasteiger partial charge in [0.2, 0.25) is 0 Å². The Morgan fingerprint density at radius 1 is 1.11 bits per heavy atom. The summed E-state index contributed by atoms with van der Waals surface area (Å²) < 4.78 is 1.13. The van der Waals surface area contributed by atoms with E-state index >= 15 is 0 Å². The van der Waals surface area contributed by atoms with Crippen molar-refractivity contribution >= 4 is 39.8 Å². The van der Waals surface area contributed by atoms with Crippen molar-refractivity contribution in [2.75, 3.05) is 7.11 Å². The van der Waals surface area contributed by atoms with E-state index in [4.69, 9.17) is 9.68 Å². The molecule has 0 aromatic heterocycles. The van der Waals surface area contributed by atoms with E-state index in [2.05, 4.69) is 44.7 Å². The molecular weight excluding hydrogens is 455 g/mol. The van der Waals surface area contributed by atoms with E-state index in [-0.39, 0.29) is 18.1 Å². The number of Topliss-reactive ketones (excluding diaryl/α,β-unsaturated/α-hetero) is 1. The molecular formula is C21H19IN2O3. The fourth-order valence-electron chi connectivity index (χ4n) is 2.22. The molecule has 0 amide bonds. The summed E-state index contributed by atoms with van der Waals surface area (Å²) in [5.74, 6) is 5.82. The van der Waals surface area contributed by atoms with Crippen LogP contribution in [0, 0.1) is 15.4 Å². The Morgan fingerprint density at radius 2 is 1.89 bits per heavy atom. The Hall–Kier alpha value is -2.66. The first-order chi connectivity index (χ1) is 13.0. The SMILES string of the molecule is CO/N=C(/C(C)=O)c1ccccc1CO/N=C(\C)C#Cc1cccc(I)c1. The summed E-state index contributed by atoms with van der Waals surface area (Å²) in [7, 11) is 1.40. The smallest absolute Gasteiger partial charge is 0.182 e. The van der Waals surface area contributed by atoms with Crippen LogP contribution in [0.5, 0.6) is 0 Å². The van der Waals surface area contributed by atoms with E-state index in [1.165, 1.54) is 14.0 Å². The maximum atomic E-state index is 11.8. The van der Waals surface area contributed by atoms with Crippen LogP contribution in [0.1, 0.15) is 30.5 Å². The van der Waals surface area contributed by atoms with Gasteiger partial charge in [-0.2, -0.15) is 0 Å². The standard InChI is InChI=1S/C21H19IN2O3/c1-15(11-12-17-7-6-9-19(22)13-17)23-27-14-18-8-4-5-10-20(18)21(16(2)25)24-26-3/h4-10,13H,14H2,1-3H3/b23-15+,24-21-. The molecule has 0 aliphatic rings. The fourth-order valence-corrected chi connectivity index (χ4v) is 2.76. The highest BCUT2D eigenvalue weighted by atomic mass is 127. The predicted octanol–water partition coefficient (Wildman–Crippen LogP) is 4.17. The molecule has 0 fully saturated rings. The largest absolute Gasteiger partial charge is 0.399 e. The van der Waals surface area contributed by atoms with Crippen molar-refractivity contribution in [3.63, 3.8) is 0 Å². The van der Waals surface area contributed by atoms with Crippen molar-refractivity contribution in [2.24, 2.45) is 10.3 Å². The summed E-state index contributed by atoms with van der Waals surface area (Å²) in [5, 5.41) is 7.85. The summed E-state index contributed by atoms with van der Waals surface area (Å²) in [4.78, 5) is 22.0. The molecule has 0 aliphatic heterocycles. The van der Waals surface area contributed by atoms with Gasteiger partial charge < -0.3 is 9.68 Å². The lowest BCUT2D eigenvalue weighted by molar-refractivity contribution is -0.111. The van der Waals surface area contributed by atoms with Gasteiger partial charge in [0.25, 0.3) is 0 Å². The normalized spacial score (nSPS) is 11.4. The molecule has 138 valence electrons. The summed E-state index contributed by atoms with van der Waals surface area (Å²) in [6, 6.07) is 15.2. The van der Waals surface area contributed by atoms with Gasteiger partial charge in [-0.1, -0.05) is 46.6 Å². The quantitative estimate of drug-likeness (QED) is 0.273. The van der Waals surface area contributed by atoms with E-state index in [0.717, 1.165) is 14.7 Å². The van der Waals surface area contributed by atoms with Crippen LogP contribution >= 0.6 is 22.6 Å². The number of rotatable bonds is 6. The molecule has 0 saturated heterocycles. The van der Waals surface area contributed by atoms with Crippen LogP contribution in [-0.4, -0.2) is 24.3 Å². The lowest BCUT2D eigenvalue weighted by Crippen LogP contribution is -2.14. The van der Waals surface area contributed by atoms with E-state index < -0.39 is 0 Å². The molecule has 0 bridgehead atoms. The van der Waals surface area contributed by atoms with Gasteiger partial charge in [-0.05, 0) is 53.6 Å². The average molecular weight is 474 g/mol. The van der Waals surface area contributed by atoms with Crippen LogP contribution in [0.15, 0.2) is 58.8 Å². The molecule has 6 heteroatoms. The van der Waals surface area contributed by atoms with E-state index in [9.17, 15) is 4.79 Å². The Balaban J connectivity index is 2.10. The highest BCUT2D eigenvalue weighted by molar-refractivity contribution is 14.1. The van der Waals surface area contributed by atoms with Crippen LogP contribution in [0.4, 0.5) is 0 Å². The van der Waals surface area contributed by atoms with Crippen molar-refractivity contribution in [2.45, 2.75) is 20.5 Å². The Kier molecular flexibility index (Phi) is 8.01. The zero-order valence-corrected chi connectivity index (χ0v) is 17.5. The van der Waals surface area contributed by atoms with E-state index in [1.54, 1.807) is 13.0 Å². The van der Waals surface area contributed by atoms with Gasteiger partial charge >= 0.3 is 0 Å². The number of hydrogen-bond donors (Lipinski definition) is 0. The number of ketones is 1. The average Bonchev–Trinajstić information content (AvgIpc) is 2.65. The first-order valence-electron chi connectivity index (χ1n) is 8.15. The van der Waals surface area contributed by atoms with Crippen LogP contribution in [0.3, 0.4) is 0 Å². The molecule has 0 aliphatic carbocycles. The minimum Gasteiger partial charge on any atom is -0.399 e. The maximum Gasteiger partial charge on any atom is 0.182 e. The highest BCUT2D eigenvalue weighted by Gasteiger charge is 2.14. The maximum absolute atomic E-state index is 11.8. The molecule has 0 saturated carbocycles. The molecule has 0 radical (unpaired) electrons. The number of nitrogens with zero attached hydrogens (tertiary/aromatic N) is 2. The highest BCUT2D eigenvalue weighted by Crippen LogP contribution is 2.13. The summed E-state index contributed by atoms with van der Waals surface area (Å²) in [6.07, 6.45) is 0. The van der Waals surface area contributed by atoms with Gasteiger partial charge in [0, 0.05) is 27.2 Å². The number of carbonyl (C=O) groups excluding carboxylic acids is 1. The van der Waals surface area contributed by atoms with Crippen LogP contribution in [0.2, 0.25) is 0 Å². The van der Waals surface area contributed by atoms with Gasteiger partial charge in [-0.25, -0.2) is 0 Å². The van der Waals surface area contributed by atoms with E-state index in [1.807, 2.05) is 42.5 Å². The molecule has 2 aromatic carbocycles. The van der Waals surface area contributed by atoms with Gasteiger partial charge in [-0.15, -0.1) is 0 Å². The molecule has 27 heavy (non-hydrogen) atoms. The Bertz CT molecular complexity index is 940. The van der Waals surface area contributed by atoms with Gasteiger partial charge in [-0.3, -0.25) is 4.79 Å². The number of oxime groups is 2. The topological polar surface area (TPSA) is 60.2 Å². The van der Waals surface area contributed by atoms with Gasteiger partial charge in [0.05, 0.1) is 0 Å². The van der Waals surface area contributed by atoms with Crippen LogP contribution < -0.4 is 0 Å². The molecule has 2 rings (SSSR count). The van der Waals surface area contributed by atoms with Crippen molar-refractivity contribution < 1.29 is 14.5 Å². The lowest BCUT2D eigenvalue weighted by Gasteiger charge is -2.08. The van der Waals surface area contributed by atoms with E-state index in [0.29, 0.717) is 11.3 Å². The third kappa shape index (κ3) is 6.53. The van der Waals surface area contributed by atoms with Crippen molar-refractivity contribution in [3.8, 4) is 11.8 Å². The monoisotopic (exact) mass is 474 g/mol. The molecule has 5 nitrogen and oxygen atoms in total. The second-order valence-electron chi connectivity index (χ2n) is 5.55.